The number of aryl methyl sites for hydroxylation is 1. The van der Waals surface area contributed by atoms with Crippen molar-refractivity contribution in [2.75, 3.05) is 29.5 Å². The molecule has 1 heterocycles. The maximum atomic E-state index is 13.3. The standard InChI is InChI=1S/C20H21ClN6O4S2/c1-11-9-15(33(30,31)26-19-23-18(22)24-20(25-19)27(2)3)14(10-13(11)21)32-16(17(28)29)12-7-5-4-6-8-12/h4-10,16H,1-3H3,(H,28,29)(H3,22,23,24,25,26). The molecule has 0 amide bonds. The van der Waals surface area contributed by atoms with Gasteiger partial charge in [0.25, 0.3) is 10.0 Å². The van der Waals surface area contributed by atoms with Gasteiger partial charge in [0.2, 0.25) is 17.8 Å². The average molecular weight is 509 g/mol. The minimum Gasteiger partial charge on any atom is -0.480 e. The van der Waals surface area contributed by atoms with Crippen molar-refractivity contribution < 1.29 is 18.3 Å². The number of carbonyl (C=O) groups is 1. The van der Waals surface area contributed by atoms with Crippen molar-refractivity contribution >= 4 is 57.2 Å². The number of rotatable bonds is 8. The maximum Gasteiger partial charge on any atom is 0.321 e. The van der Waals surface area contributed by atoms with Crippen LogP contribution in [0.2, 0.25) is 5.02 Å². The first-order valence-corrected chi connectivity index (χ1v) is 12.2. The number of nitrogens with two attached hydrogens (primary N) is 1. The van der Waals surface area contributed by atoms with E-state index in [9.17, 15) is 18.3 Å². The molecule has 2 aromatic carbocycles. The van der Waals surface area contributed by atoms with Crippen molar-refractivity contribution in [3.05, 3.63) is 58.6 Å². The Morgan fingerprint density at radius 1 is 1.18 bits per heavy atom. The molecule has 1 atom stereocenters. The Bertz CT molecular complexity index is 1290. The monoisotopic (exact) mass is 508 g/mol. The molecular weight excluding hydrogens is 488 g/mol. The van der Waals surface area contributed by atoms with E-state index in [2.05, 4.69) is 19.7 Å². The number of anilines is 3. The molecule has 10 nitrogen and oxygen atoms in total. The predicted molar refractivity (Wildman–Crippen MR) is 128 cm³/mol. The number of nitrogens with one attached hydrogen (secondary N) is 1. The Morgan fingerprint density at radius 3 is 2.45 bits per heavy atom. The number of carboxylic acid groups (broad SMARTS) is 1. The summed E-state index contributed by atoms with van der Waals surface area (Å²) in [4.78, 5) is 25.4. The summed E-state index contributed by atoms with van der Waals surface area (Å²) >= 11 is 7.11. The summed E-state index contributed by atoms with van der Waals surface area (Å²) in [7, 11) is -0.912. The second-order valence-corrected chi connectivity index (χ2v) is 10.3. The van der Waals surface area contributed by atoms with Crippen molar-refractivity contribution in [1.82, 2.24) is 15.0 Å². The Labute approximate surface area is 200 Å². The predicted octanol–water partition coefficient (Wildman–Crippen LogP) is 3.20. The molecule has 13 heteroatoms. The summed E-state index contributed by atoms with van der Waals surface area (Å²) < 4.78 is 28.9. The van der Waals surface area contributed by atoms with Crippen molar-refractivity contribution in [2.24, 2.45) is 0 Å². The van der Waals surface area contributed by atoms with E-state index in [4.69, 9.17) is 17.3 Å². The summed E-state index contributed by atoms with van der Waals surface area (Å²) in [5, 5.41) is 9.03. The van der Waals surface area contributed by atoms with Crippen LogP contribution in [0.25, 0.3) is 0 Å². The van der Waals surface area contributed by atoms with E-state index in [0.717, 1.165) is 11.8 Å². The second-order valence-electron chi connectivity index (χ2n) is 7.11. The fourth-order valence-electron chi connectivity index (χ4n) is 2.76. The average Bonchev–Trinajstić information content (AvgIpc) is 2.73. The van der Waals surface area contributed by atoms with E-state index in [1.165, 1.54) is 12.1 Å². The fourth-order valence-corrected chi connectivity index (χ4v) is 5.56. The fraction of sp³-hybridized carbons (Fsp3) is 0.200. The molecule has 1 unspecified atom stereocenters. The van der Waals surface area contributed by atoms with Gasteiger partial charge < -0.3 is 15.7 Å². The lowest BCUT2D eigenvalue weighted by Gasteiger charge is -2.17. The highest BCUT2D eigenvalue weighted by atomic mass is 35.5. The molecule has 0 fully saturated rings. The summed E-state index contributed by atoms with van der Waals surface area (Å²) in [5.74, 6) is -1.40. The third-order valence-corrected chi connectivity index (χ3v) is 7.56. The highest BCUT2D eigenvalue weighted by Gasteiger charge is 2.28. The van der Waals surface area contributed by atoms with Crippen molar-refractivity contribution in [3.63, 3.8) is 0 Å². The van der Waals surface area contributed by atoms with Crippen LogP contribution in [-0.2, 0) is 14.8 Å². The van der Waals surface area contributed by atoms with Gasteiger partial charge in [-0.1, -0.05) is 41.9 Å². The number of nitrogens with zero attached hydrogens (tertiary/aromatic N) is 4. The molecule has 0 spiro atoms. The molecule has 0 bridgehead atoms. The third-order valence-electron chi connectivity index (χ3n) is 4.35. The second kappa shape index (κ2) is 9.81. The first-order chi connectivity index (χ1) is 15.5. The SMILES string of the molecule is Cc1cc(S(=O)(=O)Nc2nc(N)nc(N(C)C)n2)c(SC(C(=O)O)c2ccccc2)cc1Cl. The normalized spacial score (nSPS) is 12.2. The van der Waals surface area contributed by atoms with Gasteiger partial charge >= 0.3 is 5.97 Å². The topological polar surface area (TPSA) is 151 Å². The Hall–Kier alpha value is -3.09. The summed E-state index contributed by atoms with van der Waals surface area (Å²) in [6.45, 7) is 1.65. The molecule has 0 aliphatic heterocycles. The van der Waals surface area contributed by atoms with Gasteiger partial charge in [0.15, 0.2) is 0 Å². The van der Waals surface area contributed by atoms with Crippen molar-refractivity contribution in [1.29, 1.82) is 0 Å². The first kappa shape index (κ1) is 24.6. The van der Waals surface area contributed by atoms with Crippen LogP contribution in [0, 0.1) is 6.92 Å². The van der Waals surface area contributed by atoms with E-state index < -0.39 is 21.2 Å². The lowest BCUT2D eigenvalue weighted by molar-refractivity contribution is -0.136. The van der Waals surface area contributed by atoms with Gasteiger partial charge in [-0.15, -0.1) is 11.8 Å². The molecule has 0 saturated heterocycles. The van der Waals surface area contributed by atoms with Gasteiger partial charge in [-0.25, -0.2) is 13.1 Å². The number of thioether (sulfide) groups is 1. The number of nitrogen functional groups attached to an aromatic ring is 1. The highest BCUT2D eigenvalue weighted by Crippen LogP contribution is 2.41. The highest BCUT2D eigenvalue weighted by molar-refractivity contribution is 8.01. The molecule has 0 aliphatic carbocycles. The maximum absolute atomic E-state index is 13.3. The third kappa shape index (κ3) is 5.83. The molecule has 0 radical (unpaired) electrons. The summed E-state index contributed by atoms with van der Waals surface area (Å²) in [5.41, 5.74) is 6.68. The lowest BCUT2D eigenvalue weighted by atomic mass is 10.1. The number of carboxylic acids is 1. The number of sulfonamides is 1. The molecular formula is C20H21ClN6O4S2. The smallest absolute Gasteiger partial charge is 0.321 e. The first-order valence-electron chi connectivity index (χ1n) is 9.44. The van der Waals surface area contributed by atoms with Crippen LogP contribution < -0.4 is 15.4 Å². The van der Waals surface area contributed by atoms with Crippen LogP contribution in [0.1, 0.15) is 16.4 Å². The lowest BCUT2D eigenvalue weighted by Crippen LogP contribution is -2.20. The van der Waals surface area contributed by atoms with E-state index in [0.29, 0.717) is 16.1 Å². The number of hydrogen-bond acceptors (Lipinski definition) is 9. The molecule has 4 N–H and O–H groups in total. The molecule has 174 valence electrons. The van der Waals surface area contributed by atoms with Crippen molar-refractivity contribution in [3.8, 4) is 0 Å². The number of aliphatic carboxylic acids is 1. The van der Waals surface area contributed by atoms with E-state index in [-0.39, 0.29) is 27.6 Å². The van der Waals surface area contributed by atoms with Crippen LogP contribution in [0.15, 0.2) is 52.3 Å². The van der Waals surface area contributed by atoms with E-state index in [1.807, 2.05) is 0 Å². The van der Waals surface area contributed by atoms with E-state index >= 15 is 0 Å². The number of hydrogen-bond donors (Lipinski definition) is 3. The molecule has 33 heavy (non-hydrogen) atoms. The Kier molecular flexibility index (Phi) is 7.30. The number of aromatic nitrogens is 3. The minimum atomic E-state index is -4.25. The van der Waals surface area contributed by atoms with E-state index in [1.54, 1.807) is 56.3 Å². The van der Waals surface area contributed by atoms with Gasteiger partial charge in [-0.2, -0.15) is 15.0 Å². The van der Waals surface area contributed by atoms with Crippen LogP contribution in [0.4, 0.5) is 17.8 Å². The molecule has 3 rings (SSSR count). The largest absolute Gasteiger partial charge is 0.480 e. The van der Waals surface area contributed by atoms with Gasteiger partial charge in [0.05, 0.1) is 0 Å². The van der Waals surface area contributed by atoms with Gasteiger partial charge in [-0.05, 0) is 30.2 Å². The van der Waals surface area contributed by atoms with Gasteiger partial charge in [0, 0.05) is 24.0 Å². The van der Waals surface area contributed by atoms with Gasteiger partial charge in [0.1, 0.15) is 10.1 Å². The zero-order valence-electron chi connectivity index (χ0n) is 17.9. The zero-order chi connectivity index (χ0) is 24.3. The van der Waals surface area contributed by atoms with Crippen LogP contribution >= 0.6 is 23.4 Å². The Morgan fingerprint density at radius 2 is 1.85 bits per heavy atom. The number of halogens is 1. The van der Waals surface area contributed by atoms with Crippen LogP contribution in [0.5, 0.6) is 0 Å². The quantitative estimate of drug-likeness (QED) is 0.387. The van der Waals surface area contributed by atoms with Gasteiger partial charge in [-0.3, -0.25) is 4.79 Å². The molecule has 0 aliphatic rings. The van der Waals surface area contributed by atoms with Crippen LogP contribution in [-0.4, -0.2) is 48.5 Å². The zero-order valence-corrected chi connectivity index (χ0v) is 20.2. The summed E-state index contributed by atoms with van der Waals surface area (Å²) in [6.07, 6.45) is 0. The Balaban J connectivity index is 2.06. The van der Waals surface area contributed by atoms with Crippen molar-refractivity contribution in [2.45, 2.75) is 22.0 Å². The summed E-state index contributed by atoms with van der Waals surface area (Å²) in [6, 6.07) is 11.3. The molecule has 1 aromatic heterocycles. The number of benzene rings is 2. The van der Waals surface area contributed by atoms with Crippen LogP contribution in [0.3, 0.4) is 0 Å². The minimum absolute atomic E-state index is 0.157. The molecule has 0 saturated carbocycles. The molecule has 3 aromatic rings.